The number of nitrogens with one attached hydrogen (secondary N) is 1. The summed E-state index contributed by atoms with van der Waals surface area (Å²) in [5.74, 6) is -4.88. The summed E-state index contributed by atoms with van der Waals surface area (Å²) in [6.07, 6.45) is -1.14. The van der Waals surface area contributed by atoms with E-state index in [2.05, 4.69) is 26.2 Å². The molecule has 0 bridgehead atoms. The summed E-state index contributed by atoms with van der Waals surface area (Å²) in [6.45, 7) is 3.88. The zero-order valence-electron chi connectivity index (χ0n) is 22.8. The van der Waals surface area contributed by atoms with Crippen LogP contribution in [0.1, 0.15) is 42.4 Å². The van der Waals surface area contributed by atoms with Crippen LogP contribution in [0.2, 0.25) is 0 Å². The average molecular weight is 655 g/mol. The minimum atomic E-state index is -1.49. The number of ether oxygens (including phenoxy) is 2. The number of hydrogen-bond donors (Lipinski definition) is 2. The third kappa shape index (κ3) is 7.87. The Morgan fingerprint density at radius 1 is 1.12 bits per heavy atom. The normalized spacial score (nSPS) is 11.1. The molecule has 0 fully saturated rings. The second-order valence-electron chi connectivity index (χ2n) is 9.86. The number of aromatic carboxylic acids is 1. The summed E-state index contributed by atoms with van der Waals surface area (Å²) in [5.41, 5.74) is -2.54. The van der Waals surface area contributed by atoms with E-state index in [1.807, 2.05) is 0 Å². The average Bonchev–Trinajstić information content (AvgIpc) is 2.90. The van der Waals surface area contributed by atoms with Crippen LogP contribution in [-0.4, -0.2) is 51.2 Å². The second-order valence-corrected chi connectivity index (χ2v) is 10.7. The molecule has 1 amide bonds. The van der Waals surface area contributed by atoms with Gasteiger partial charge in [-0.15, -0.1) is 0 Å². The molecule has 1 heterocycles. The van der Waals surface area contributed by atoms with Crippen molar-refractivity contribution in [3.05, 3.63) is 85.3 Å². The van der Waals surface area contributed by atoms with Gasteiger partial charge in [0.15, 0.2) is 11.6 Å². The molecular weight excluding hydrogens is 629 g/mol. The van der Waals surface area contributed by atoms with Gasteiger partial charge >= 0.3 is 12.1 Å². The fraction of sp³-hybridized carbons (Fsp3) is 0.296. The largest absolute Gasteiger partial charge is 0.481 e. The maximum Gasteiger partial charge on any atom is 0.410 e. The molecule has 15 heteroatoms. The van der Waals surface area contributed by atoms with Gasteiger partial charge in [-0.05, 0) is 61.0 Å². The van der Waals surface area contributed by atoms with Crippen LogP contribution >= 0.6 is 15.9 Å². The summed E-state index contributed by atoms with van der Waals surface area (Å²) in [7, 11) is 1.32. The summed E-state index contributed by atoms with van der Waals surface area (Å²) in [4.78, 5) is 40.9. The third-order valence-corrected chi connectivity index (χ3v) is 6.31. The van der Waals surface area contributed by atoms with Crippen molar-refractivity contribution >= 4 is 45.1 Å². The standard InChI is InChI=1S/C27H26BrF3N4O7/c1-27(2,3)42-26(38)34(10-9-20-22(35(39)40)7-8-23(33-20)41-4)13-15-19(6-5-17(29)24(15)31)32-21-12-16(28)18(30)11-14(21)25(36)37/h5-8,11-12,32H,9-10,13H2,1-4H3,(H,36,37). The lowest BCUT2D eigenvalue weighted by atomic mass is 10.1. The highest BCUT2D eigenvalue weighted by Gasteiger charge is 2.27. The predicted molar refractivity (Wildman–Crippen MR) is 148 cm³/mol. The van der Waals surface area contributed by atoms with Crippen molar-refractivity contribution < 1.29 is 42.3 Å². The summed E-state index contributed by atoms with van der Waals surface area (Å²) in [6, 6.07) is 6.26. The van der Waals surface area contributed by atoms with E-state index in [-0.39, 0.29) is 46.1 Å². The van der Waals surface area contributed by atoms with E-state index in [1.54, 1.807) is 20.8 Å². The highest BCUT2D eigenvalue weighted by atomic mass is 79.9. The van der Waals surface area contributed by atoms with E-state index < -0.39 is 57.7 Å². The molecule has 42 heavy (non-hydrogen) atoms. The lowest BCUT2D eigenvalue weighted by molar-refractivity contribution is -0.386. The number of pyridine rings is 1. The first-order chi connectivity index (χ1) is 19.6. The van der Waals surface area contributed by atoms with E-state index in [0.29, 0.717) is 0 Å². The van der Waals surface area contributed by atoms with E-state index in [9.17, 15) is 33.6 Å². The molecule has 11 nitrogen and oxygen atoms in total. The van der Waals surface area contributed by atoms with E-state index >= 15 is 4.39 Å². The zero-order valence-corrected chi connectivity index (χ0v) is 24.4. The number of anilines is 2. The monoisotopic (exact) mass is 654 g/mol. The van der Waals surface area contributed by atoms with Crippen molar-refractivity contribution in [3.63, 3.8) is 0 Å². The number of carboxylic acids is 1. The van der Waals surface area contributed by atoms with Crippen molar-refractivity contribution in [2.75, 3.05) is 19.0 Å². The first-order valence-corrected chi connectivity index (χ1v) is 13.0. The van der Waals surface area contributed by atoms with Gasteiger partial charge in [0.25, 0.3) is 5.69 Å². The Bertz CT molecular complexity index is 1530. The number of benzene rings is 2. The van der Waals surface area contributed by atoms with Crippen LogP contribution in [0.5, 0.6) is 5.88 Å². The number of amides is 1. The van der Waals surface area contributed by atoms with Crippen molar-refractivity contribution in [2.24, 2.45) is 0 Å². The van der Waals surface area contributed by atoms with Gasteiger partial charge < -0.3 is 24.8 Å². The Kier molecular flexibility index (Phi) is 9.99. The van der Waals surface area contributed by atoms with Gasteiger partial charge in [0, 0.05) is 36.3 Å². The van der Waals surface area contributed by atoms with Gasteiger partial charge in [0.2, 0.25) is 5.88 Å². The fourth-order valence-corrected chi connectivity index (χ4v) is 4.11. The van der Waals surface area contributed by atoms with Gasteiger partial charge in [-0.25, -0.2) is 27.7 Å². The van der Waals surface area contributed by atoms with Crippen LogP contribution in [0.15, 0.2) is 40.9 Å². The molecule has 0 unspecified atom stereocenters. The van der Waals surface area contributed by atoms with Crippen molar-refractivity contribution in [1.82, 2.24) is 9.88 Å². The smallest absolute Gasteiger partial charge is 0.410 e. The van der Waals surface area contributed by atoms with Crippen LogP contribution in [0.4, 0.5) is 35.0 Å². The SMILES string of the molecule is COc1ccc([N+](=O)[O-])c(CCN(Cc2c(Nc3cc(Br)c(F)cc3C(=O)O)ccc(F)c2F)C(=O)OC(C)(C)C)n1. The fourth-order valence-electron chi connectivity index (χ4n) is 3.77. The molecule has 3 rings (SSSR count). The molecule has 0 aliphatic heterocycles. The minimum Gasteiger partial charge on any atom is -0.481 e. The number of aromatic nitrogens is 1. The van der Waals surface area contributed by atoms with Gasteiger partial charge in [0.1, 0.15) is 17.1 Å². The first kappa shape index (κ1) is 32.1. The summed E-state index contributed by atoms with van der Waals surface area (Å²) in [5, 5.41) is 23.8. The number of methoxy groups -OCH3 is 1. The number of carboxylic acid groups (broad SMARTS) is 1. The molecule has 224 valence electrons. The lowest BCUT2D eigenvalue weighted by Crippen LogP contribution is -2.38. The number of hydrogen-bond acceptors (Lipinski definition) is 8. The maximum atomic E-state index is 15.3. The number of carbonyl (C=O) groups excluding carboxylic acids is 1. The third-order valence-electron chi connectivity index (χ3n) is 5.71. The van der Waals surface area contributed by atoms with Crippen LogP contribution in [0, 0.1) is 27.6 Å². The molecule has 2 aromatic carbocycles. The molecule has 1 aromatic heterocycles. The number of rotatable bonds is 10. The Balaban J connectivity index is 2.05. The molecule has 3 aromatic rings. The Labute approximate surface area is 246 Å². The Morgan fingerprint density at radius 2 is 1.81 bits per heavy atom. The summed E-state index contributed by atoms with van der Waals surface area (Å²) < 4.78 is 54.1. The number of carbonyl (C=O) groups is 2. The van der Waals surface area contributed by atoms with Crippen LogP contribution in [0.3, 0.4) is 0 Å². The molecule has 0 saturated heterocycles. The van der Waals surface area contributed by atoms with Gasteiger partial charge in [-0.1, -0.05) is 0 Å². The quantitative estimate of drug-likeness (QED) is 0.182. The summed E-state index contributed by atoms with van der Waals surface area (Å²) >= 11 is 2.97. The Morgan fingerprint density at radius 3 is 2.40 bits per heavy atom. The van der Waals surface area contributed by atoms with Crippen molar-refractivity contribution in [3.8, 4) is 5.88 Å². The van der Waals surface area contributed by atoms with Gasteiger partial charge in [0.05, 0.1) is 34.3 Å². The number of halogens is 4. The van der Waals surface area contributed by atoms with Crippen LogP contribution in [-0.2, 0) is 17.7 Å². The molecule has 0 aliphatic rings. The number of nitro groups is 1. The molecule has 0 radical (unpaired) electrons. The highest BCUT2D eigenvalue weighted by molar-refractivity contribution is 9.10. The molecule has 0 saturated carbocycles. The van der Waals surface area contributed by atoms with Gasteiger partial charge in [-0.2, -0.15) is 0 Å². The van der Waals surface area contributed by atoms with Crippen molar-refractivity contribution in [1.29, 1.82) is 0 Å². The zero-order chi connectivity index (χ0) is 31.4. The van der Waals surface area contributed by atoms with E-state index in [4.69, 9.17) is 9.47 Å². The minimum absolute atomic E-state index is 0.0340. The lowest BCUT2D eigenvalue weighted by Gasteiger charge is -2.28. The predicted octanol–water partition coefficient (Wildman–Crippen LogP) is 6.60. The second kappa shape index (κ2) is 13.1. The molecule has 2 N–H and O–H groups in total. The van der Waals surface area contributed by atoms with Crippen LogP contribution in [0.25, 0.3) is 0 Å². The first-order valence-electron chi connectivity index (χ1n) is 12.2. The van der Waals surface area contributed by atoms with Crippen molar-refractivity contribution in [2.45, 2.75) is 39.3 Å². The Hall–Kier alpha value is -4.40. The van der Waals surface area contributed by atoms with E-state index in [0.717, 1.165) is 29.2 Å². The van der Waals surface area contributed by atoms with Gasteiger partial charge in [-0.3, -0.25) is 10.1 Å². The van der Waals surface area contributed by atoms with Crippen LogP contribution < -0.4 is 10.1 Å². The topological polar surface area (TPSA) is 144 Å². The molecule has 0 spiro atoms. The van der Waals surface area contributed by atoms with E-state index in [1.165, 1.54) is 19.2 Å². The molecular formula is C27H26BrF3N4O7. The highest BCUT2D eigenvalue weighted by Crippen LogP contribution is 2.32. The molecule has 0 atom stereocenters. The maximum absolute atomic E-state index is 15.3. The molecule has 0 aliphatic carbocycles. The number of nitrogens with zero attached hydrogens (tertiary/aromatic N) is 3.